The zero-order valence-electron chi connectivity index (χ0n) is 27.2. The van der Waals surface area contributed by atoms with Crippen LogP contribution in [0.15, 0.2) is 24.4 Å². The van der Waals surface area contributed by atoms with Crippen molar-refractivity contribution in [1.82, 2.24) is 31.6 Å². The van der Waals surface area contributed by atoms with E-state index in [9.17, 15) is 33.9 Å². The molecule has 0 saturated carbocycles. The highest BCUT2D eigenvalue weighted by molar-refractivity contribution is 5.97. The minimum Gasteiger partial charge on any atom is -0.480 e. The molecule has 13 heteroatoms. The van der Waals surface area contributed by atoms with Gasteiger partial charge in [0.15, 0.2) is 0 Å². The number of carboxylic acids is 1. The SMILES string of the molecule is CC[C@H](C)[C@@H]1NC(=O)[C@@H](NC(=O)[C@@H]2CCC(=O)N2)[C@@H](C(C)C)c2ccc3c(c[nH]c3c2)C[C@@H](C(=O)O)NC(=O)[C@H](C(C)C)NC1=O. The lowest BCUT2D eigenvalue weighted by atomic mass is 9.81. The average Bonchev–Trinajstić information content (AvgIpc) is 3.62. The van der Waals surface area contributed by atoms with E-state index in [-0.39, 0.29) is 30.6 Å². The van der Waals surface area contributed by atoms with Gasteiger partial charge >= 0.3 is 5.97 Å². The van der Waals surface area contributed by atoms with Crippen molar-refractivity contribution >= 4 is 46.4 Å². The molecule has 0 unspecified atom stereocenters. The third-order valence-electron chi connectivity index (χ3n) is 9.22. The Balaban J connectivity index is 1.85. The highest BCUT2D eigenvalue weighted by Crippen LogP contribution is 2.32. The normalized spacial score (nSPS) is 26.9. The Kier molecular flexibility index (Phi) is 10.7. The first-order valence-corrected chi connectivity index (χ1v) is 16.0. The Morgan fingerprint density at radius 3 is 2.15 bits per heavy atom. The number of carboxylic acid groups (broad SMARTS) is 1. The number of benzene rings is 1. The van der Waals surface area contributed by atoms with Crippen LogP contribution >= 0.6 is 0 Å². The molecule has 1 saturated heterocycles. The largest absolute Gasteiger partial charge is 0.480 e. The van der Waals surface area contributed by atoms with Gasteiger partial charge < -0.3 is 36.7 Å². The zero-order chi connectivity index (χ0) is 33.9. The number of aromatic nitrogens is 1. The van der Waals surface area contributed by atoms with Crippen LogP contribution in [0.3, 0.4) is 0 Å². The van der Waals surface area contributed by atoms with Gasteiger partial charge in [0.2, 0.25) is 29.5 Å². The zero-order valence-corrected chi connectivity index (χ0v) is 27.2. The molecule has 4 bridgehead atoms. The number of aromatic amines is 1. The van der Waals surface area contributed by atoms with Crippen molar-refractivity contribution in [2.24, 2.45) is 17.8 Å². The van der Waals surface area contributed by atoms with Gasteiger partial charge in [0.25, 0.3) is 0 Å². The summed E-state index contributed by atoms with van der Waals surface area (Å²) < 4.78 is 0. The topological polar surface area (TPSA) is 199 Å². The summed E-state index contributed by atoms with van der Waals surface area (Å²) in [6, 6.07) is 0.237. The molecule has 1 aromatic carbocycles. The first kappa shape index (κ1) is 34.5. The summed E-state index contributed by atoms with van der Waals surface area (Å²) in [6.07, 6.45) is 2.71. The third-order valence-corrected chi connectivity index (χ3v) is 9.22. The third kappa shape index (κ3) is 7.51. The average molecular weight is 639 g/mol. The summed E-state index contributed by atoms with van der Waals surface area (Å²) >= 11 is 0. The lowest BCUT2D eigenvalue weighted by molar-refractivity contribution is -0.142. The van der Waals surface area contributed by atoms with E-state index in [1.54, 1.807) is 27.0 Å². The predicted molar refractivity (Wildman–Crippen MR) is 170 cm³/mol. The molecule has 250 valence electrons. The van der Waals surface area contributed by atoms with Crippen LogP contribution in [0.4, 0.5) is 0 Å². The number of nitrogens with one attached hydrogen (secondary N) is 6. The van der Waals surface area contributed by atoms with Crippen molar-refractivity contribution in [3.05, 3.63) is 35.5 Å². The van der Waals surface area contributed by atoms with Crippen LogP contribution < -0.4 is 26.6 Å². The molecule has 13 nitrogen and oxygen atoms in total. The molecule has 0 radical (unpaired) electrons. The summed E-state index contributed by atoms with van der Waals surface area (Å²) in [5.41, 5.74) is 2.10. The molecule has 7 atom stereocenters. The second kappa shape index (κ2) is 14.3. The number of carbonyl (C=O) groups excluding carboxylic acids is 5. The number of rotatable bonds is 7. The van der Waals surface area contributed by atoms with E-state index in [1.165, 1.54) is 0 Å². The van der Waals surface area contributed by atoms with Crippen molar-refractivity contribution in [3.63, 3.8) is 0 Å². The molecule has 3 aliphatic rings. The highest BCUT2D eigenvalue weighted by Gasteiger charge is 2.40. The lowest BCUT2D eigenvalue weighted by Gasteiger charge is -2.34. The van der Waals surface area contributed by atoms with Gasteiger partial charge in [-0.05, 0) is 41.4 Å². The summed E-state index contributed by atoms with van der Waals surface area (Å²) in [4.78, 5) is 82.3. The molecule has 0 aliphatic carbocycles. The number of H-pyrrole nitrogens is 1. The van der Waals surface area contributed by atoms with Crippen molar-refractivity contribution in [3.8, 4) is 0 Å². The fourth-order valence-corrected chi connectivity index (χ4v) is 6.33. The molecular formula is C33H46N6O7. The van der Waals surface area contributed by atoms with Gasteiger partial charge in [-0.1, -0.05) is 60.1 Å². The first-order valence-electron chi connectivity index (χ1n) is 16.0. The molecule has 2 aromatic rings. The molecule has 1 fully saturated rings. The Labute approximate surface area is 268 Å². The summed E-state index contributed by atoms with van der Waals surface area (Å²) in [5.74, 6) is -5.25. The van der Waals surface area contributed by atoms with Gasteiger partial charge in [0.05, 0.1) is 0 Å². The maximum Gasteiger partial charge on any atom is 0.326 e. The molecule has 5 rings (SSSR count). The van der Waals surface area contributed by atoms with Crippen molar-refractivity contribution in [2.45, 2.75) is 103 Å². The smallest absolute Gasteiger partial charge is 0.326 e. The van der Waals surface area contributed by atoms with Gasteiger partial charge in [-0.15, -0.1) is 0 Å². The Morgan fingerprint density at radius 1 is 0.891 bits per heavy atom. The number of hydrogen-bond donors (Lipinski definition) is 7. The lowest BCUT2D eigenvalue weighted by Crippen LogP contribution is -2.61. The second-order valence-electron chi connectivity index (χ2n) is 13.2. The van der Waals surface area contributed by atoms with Crippen LogP contribution in [0.2, 0.25) is 0 Å². The van der Waals surface area contributed by atoms with E-state index in [4.69, 9.17) is 0 Å². The summed E-state index contributed by atoms with van der Waals surface area (Å²) in [7, 11) is 0. The van der Waals surface area contributed by atoms with Crippen LogP contribution in [0.25, 0.3) is 10.9 Å². The molecule has 3 aliphatic heterocycles. The Bertz CT molecular complexity index is 1500. The minimum atomic E-state index is -1.26. The molecule has 7 N–H and O–H groups in total. The van der Waals surface area contributed by atoms with Crippen LogP contribution in [-0.2, 0) is 35.2 Å². The number of aliphatic carboxylic acids is 1. The van der Waals surface area contributed by atoms with Crippen LogP contribution in [0.1, 0.15) is 77.8 Å². The van der Waals surface area contributed by atoms with Crippen LogP contribution in [-0.4, -0.2) is 75.8 Å². The summed E-state index contributed by atoms with van der Waals surface area (Å²) in [6.45, 7) is 11.0. The van der Waals surface area contributed by atoms with E-state index in [2.05, 4.69) is 31.6 Å². The number of hydrogen-bond acceptors (Lipinski definition) is 6. The molecule has 0 spiro atoms. The number of amides is 5. The maximum atomic E-state index is 14.3. The fraction of sp³-hybridized carbons (Fsp3) is 0.576. The minimum absolute atomic E-state index is 0.00584. The Hall–Kier alpha value is -4.42. The van der Waals surface area contributed by atoms with Crippen LogP contribution in [0, 0.1) is 17.8 Å². The number of carbonyl (C=O) groups is 6. The first-order chi connectivity index (χ1) is 21.7. The predicted octanol–water partition coefficient (Wildman–Crippen LogP) is 1.47. The van der Waals surface area contributed by atoms with E-state index >= 15 is 0 Å². The quantitative estimate of drug-likeness (QED) is 0.223. The van der Waals surface area contributed by atoms with E-state index in [0.717, 1.165) is 10.9 Å². The highest BCUT2D eigenvalue weighted by atomic mass is 16.4. The monoisotopic (exact) mass is 638 g/mol. The molecule has 1 aromatic heterocycles. The van der Waals surface area contributed by atoms with E-state index in [1.807, 2.05) is 39.0 Å². The summed E-state index contributed by atoms with van der Waals surface area (Å²) in [5, 5.41) is 24.5. The molecule has 5 amide bonds. The number of fused-ring (bicyclic) bond motifs is 12. The molecule has 46 heavy (non-hydrogen) atoms. The molecule has 4 heterocycles. The maximum absolute atomic E-state index is 14.3. The van der Waals surface area contributed by atoms with Crippen molar-refractivity contribution in [2.75, 3.05) is 0 Å². The van der Waals surface area contributed by atoms with Gasteiger partial charge in [-0.3, -0.25) is 24.0 Å². The standard InChI is InChI=1S/C33H46N6O7/c1-7-17(6)27-31(43)37-26(16(4)5)30(42)36-23(33(45)46)13-19-14-34-22-12-18(8-9-20(19)22)25(15(2)3)28(32(44)38-27)39-29(41)21-10-11-24(40)35-21/h8-9,12,14-17,21,23,25-28,34H,7,10-11,13H2,1-6H3,(H,35,40)(H,36,42)(H,37,43)(H,38,44)(H,39,41)(H,45,46)/t17-,21-,23-,25-,26-,27-,28-/m0/s1. The van der Waals surface area contributed by atoms with E-state index in [0.29, 0.717) is 23.9 Å². The van der Waals surface area contributed by atoms with Gasteiger partial charge in [-0.25, -0.2) is 4.79 Å². The van der Waals surface area contributed by atoms with Crippen molar-refractivity contribution < 1.29 is 33.9 Å². The van der Waals surface area contributed by atoms with E-state index < -0.39 is 71.6 Å². The van der Waals surface area contributed by atoms with Gasteiger partial charge in [0.1, 0.15) is 30.2 Å². The van der Waals surface area contributed by atoms with Gasteiger partial charge in [0, 0.05) is 35.9 Å². The van der Waals surface area contributed by atoms with Crippen LogP contribution in [0.5, 0.6) is 0 Å². The Morgan fingerprint density at radius 2 is 1.57 bits per heavy atom. The molecular weight excluding hydrogens is 592 g/mol. The second-order valence-corrected chi connectivity index (χ2v) is 13.2. The van der Waals surface area contributed by atoms with Crippen molar-refractivity contribution in [1.29, 1.82) is 0 Å². The fourth-order valence-electron chi connectivity index (χ4n) is 6.33. The van der Waals surface area contributed by atoms with Gasteiger partial charge in [-0.2, -0.15) is 0 Å².